The van der Waals surface area contributed by atoms with E-state index in [2.05, 4.69) is 4.90 Å². The molecule has 0 amide bonds. The lowest BCUT2D eigenvalue weighted by atomic mass is 9.96. The number of hydrogen-bond donors (Lipinski definition) is 2. The molecule has 4 nitrogen and oxygen atoms in total. The van der Waals surface area contributed by atoms with Crippen molar-refractivity contribution in [2.75, 3.05) is 26.8 Å². The maximum Gasteiger partial charge on any atom is 0.0773 e. The van der Waals surface area contributed by atoms with Gasteiger partial charge in [-0.25, -0.2) is 0 Å². The third-order valence-electron chi connectivity index (χ3n) is 4.37. The van der Waals surface area contributed by atoms with E-state index in [-0.39, 0.29) is 18.2 Å². The number of methoxy groups -OCH3 is 1. The molecule has 0 heterocycles. The van der Waals surface area contributed by atoms with E-state index in [0.717, 1.165) is 19.5 Å². The Labute approximate surface area is 111 Å². The van der Waals surface area contributed by atoms with Crippen LogP contribution in [0.5, 0.6) is 0 Å². The van der Waals surface area contributed by atoms with Gasteiger partial charge in [-0.15, -0.1) is 0 Å². The van der Waals surface area contributed by atoms with Gasteiger partial charge in [0.1, 0.15) is 0 Å². The SMILES string of the molecule is COC(C)(C)C(N)CCN(CCO)C1CCCC1. The lowest BCUT2D eigenvalue weighted by molar-refractivity contribution is -0.00515. The van der Waals surface area contributed by atoms with Gasteiger partial charge in [0, 0.05) is 32.3 Å². The van der Waals surface area contributed by atoms with Crippen LogP contribution in [0.1, 0.15) is 46.0 Å². The zero-order chi connectivity index (χ0) is 13.6. The Morgan fingerprint density at radius 2 is 1.94 bits per heavy atom. The van der Waals surface area contributed by atoms with Gasteiger partial charge >= 0.3 is 0 Å². The minimum atomic E-state index is -0.277. The Morgan fingerprint density at radius 3 is 2.44 bits per heavy atom. The highest BCUT2D eigenvalue weighted by atomic mass is 16.5. The Balaban J connectivity index is 2.41. The minimum Gasteiger partial charge on any atom is -0.395 e. The first-order valence-electron chi connectivity index (χ1n) is 7.17. The number of aliphatic hydroxyl groups excluding tert-OH is 1. The molecule has 0 aliphatic heterocycles. The fourth-order valence-corrected chi connectivity index (χ4v) is 2.68. The van der Waals surface area contributed by atoms with Crippen molar-refractivity contribution in [1.29, 1.82) is 0 Å². The van der Waals surface area contributed by atoms with Crippen molar-refractivity contribution in [3.8, 4) is 0 Å². The summed E-state index contributed by atoms with van der Waals surface area (Å²) in [5.74, 6) is 0. The van der Waals surface area contributed by atoms with Gasteiger partial charge in [0.15, 0.2) is 0 Å². The van der Waals surface area contributed by atoms with Crippen LogP contribution in [0.4, 0.5) is 0 Å². The fraction of sp³-hybridized carbons (Fsp3) is 1.00. The Morgan fingerprint density at radius 1 is 1.33 bits per heavy atom. The predicted molar refractivity (Wildman–Crippen MR) is 74.6 cm³/mol. The summed E-state index contributed by atoms with van der Waals surface area (Å²) in [6.45, 7) is 6.02. The Bertz CT molecular complexity index is 228. The lowest BCUT2D eigenvalue weighted by Crippen LogP contribution is -2.47. The van der Waals surface area contributed by atoms with Crippen LogP contribution >= 0.6 is 0 Å². The molecule has 108 valence electrons. The number of aliphatic hydroxyl groups is 1. The summed E-state index contributed by atoms with van der Waals surface area (Å²) in [6, 6.07) is 0.681. The van der Waals surface area contributed by atoms with Crippen LogP contribution in [-0.4, -0.2) is 54.5 Å². The predicted octanol–water partition coefficient (Wildman–Crippen LogP) is 1.37. The van der Waals surface area contributed by atoms with E-state index in [4.69, 9.17) is 10.5 Å². The molecule has 3 N–H and O–H groups in total. The van der Waals surface area contributed by atoms with Crippen LogP contribution in [0.2, 0.25) is 0 Å². The molecule has 1 rings (SSSR count). The van der Waals surface area contributed by atoms with Crippen LogP contribution in [0.25, 0.3) is 0 Å². The zero-order valence-corrected chi connectivity index (χ0v) is 12.2. The number of nitrogens with two attached hydrogens (primary N) is 1. The van der Waals surface area contributed by atoms with Gasteiger partial charge in [-0.2, -0.15) is 0 Å². The summed E-state index contributed by atoms with van der Waals surface area (Å²) in [5, 5.41) is 9.17. The van der Waals surface area contributed by atoms with Crippen LogP contribution in [0.15, 0.2) is 0 Å². The second-order valence-electron chi connectivity index (χ2n) is 5.90. The molecular weight excluding hydrogens is 228 g/mol. The molecule has 0 aromatic carbocycles. The smallest absolute Gasteiger partial charge is 0.0773 e. The van der Waals surface area contributed by atoms with Gasteiger partial charge in [0.05, 0.1) is 12.2 Å². The molecule has 4 heteroatoms. The molecule has 1 aliphatic rings. The van der Waals surface area contributed by atoms with E-state index in [9.17, 15) is 5.11 Å². The van der Waals surface area contributed by atoms with E-state index in [1.165, 1.54) is 25.7 Å². The molecule has 1 atom stereocenters. The summed E-state index contributed by atoms with van der Waals surface area (Å²) in [5.41, 5.74) is 5.91. The van der Waals surface area contributed by atoms with Gasteiger partial charge in [-0.05, 0) is 33.1 Å². The number of nitrogens with zero attached hydrogens (tertiary/aromatic N) is 1. The largest absolute Gasteiger partial charge is 0.395 e. The van der Waals surface area contributed by atoms with Crippen molar-refractivity contribution < 1.29 is 9.84 Å². The van der Waals surface area contributed by atoms with Crippen molar-refractivity contribution >= 4 is 0 Å². The van der Waals surface area contributed by atoms with E-state index in [0.29, 0.717) is 6.04 Å². The van der Waals surface area contributed by atoms with Crippen molar-refractivity contribution in [2.45, 2.75) is 63.6 Å². The first-order valence-corrected chi connectivity index (χ1v) is 7.17. The van der Waals surface area contributed by atoms with Crippen LogP contribution in [0, 0.1) is 0 Å². The maximum absolute atomic E-state index is 9.17. The van der Waals surface area contributed by atoms with Gasteiger partial charge in [-0.1, -0.05) is 12.8 Å². The fourth-order valence-electron chi connectivity index (χ4n) is 2.68. The Hall–Kier alpha value is -0.160. The zero-order valence-electron chi connectivity index (χ0n) is 12.2. The van der Waals surface area contributed by atoms with Crippen LogP contribution in [0.3, 0.4) is 0 Å². The second kappa shape index (κ2) is 7.43. The molecule has 1 unspecified atom stereocenters. The lowest BCUT2D eigenvalue weighted by Gasteiger charge is -2.34. The molecule has 1 saturated carbocycles. The molecule has 0 saturated heterocycles. The summed E-state index contributed by atoms with van der Waals surface area (Å²) in [6.07, 6.45) is 6.09. The van der Waals surface area contributed by atoms with Crippen molar-refractivity contribution in [3.05, 3.63) is 0 Å². The summed E-state index contributed by atoms with van der Waals surface area (Å²) >= 11 is 0. The monoisotopic (exact) mass is 258 g/mol. The first kappa shape index (κ1) is 15.9. The first-order chi connectivity index (χ1) is 8.51. The van der Waals surface area contributed by atoms with Gasteiger partial charge in [0.25, 0.3) is 0 Å². The van der Waals surface area contributed by atoms with Crippen LogP contribution < -0.4 is 5.73 Å². The van der Waals surface area contributed by atoms with Crippen molar-refractivity contribution in [1.82, 2.24) is 4.90 Å². The topological polar surface area (TPSA) is 58.7 Å². The third kappa shape index (κ3) is 4.50. The number of hydrogen-bond acceptors (Lipinski definition) is 4. The number of rotatable bonds is 8. The molecule has 1 aliphatic carbocycles. The summed E-state index contributed by atoms with van der Waals surface area (Å²) in [7, 11) is 1.71. The highest BCUT2D eigenvalue weighted by Gasteiger charge is 2.28. The molecule has 1 fully saturated rings. The van der Waals surface area contributed by atoms with E-state index >= 15 is 0 Å². The van der Waals surface area contributed by atoms with E-state index in [1.807, 2.05) is 13.8 Å². The highest BCUT2D eigenvalue weighted by molar-refractivity contribution is 4.85. The molecule has 0 aromatic rings. The molecular formula is C14H30N2O2. The normalized spacial score (nSPS) is 19.7. The van der Waals surface area contributed by atoms with Crippen LogP contribution in [-0.2, 0) is 4.74 Å². The van der Waals surface area contributed by atoms with Gasteiger partial charge in [-0.3, -0.25) is 4.90 Å². The summed E-state index contributed by atoms with van der Waals surface area (Å²) in [4.78, 5) is 2.40. The maximum atomic E-state index is 9.17. The van der Waals surface area contributed by atoms with E-state index in [1.54, 1.807) is 7.11 Å². The molecule has 0 spiro atoms. The minimum absolute atomic E-state index is 0.0325. The summed E-state index contributed by atoms with van der Waals surface area (Å²) < 4.78 is 5.42. The van der Waals surface area contributed by atoms with Gasteiger partial charge < -0.3 is 15.6 Å². The molecule has 18 heavy (non-hydrogen) atoms. The Kier molecular flexibility index (Phi) is 6.57. The van der Waals surface area contributed by atoms with Crippen molar-refractivity contribution in [3.63, 3.8) is 0 Å². The molecule has 0 aromatic heterocycles. The molecule has 0 radical (unpaired) electrons. The van der Waals surface area contributed by atoms with Crippen molar-refractivity contribution in [2.24, 2.45) is 5.73 Å². The third-order valence-corrected chi connectivity index (χ3v) is 4.37. The standard InChI is InChI=1S/C14H30N2O2/c1-14(2,18-3)13(15)8-9-16(10-11-17)12-6-4-5-7-12/h12-13,17H,4-11,15H2,1-3H3. The number of ether oxygens (including phenoxy) is 1. The highest BCUT2D eigenvalue weighted by Crippen LogP contribution is 2.24. The molecule has 0 bridgehead atoms. The van der Waals surface area contributed by atoms with E-state index < -0.39 is 0 Å². The van der Waals surface area contributed by atoms with Gasteiger partial charge in [0.2, 0.25) is 0 Å². The quantitative estimate of drug-likeness (QED) is 0.690. The second-order valence-corrected chi connectivity index (χ2v) is 5.90. The average Bonchev–Trinajstić information content (AvgIpc) is 2.87. The average molecular weight is 258 g/mol.